The van der Waals surface area contributed by atoms with Crippen LogP contribution in [-0.4, -0.2) is 36.9 Å². The molecule has 0 heterocycles. The molecule has 0 fully saturated rings. The third-order valence-electron chi connectivity index (χ3n) is 1.81. The van der Waals surface area contributed by atoms with Crippen LogP contribution in [0.1, 0.15) is 48.5 Å². The third-order valence-corrected chi connectivity index (χ3v) is 1.81. The monoisotopic (exact) mass is 275 g/mol. The Kier molecular flexibility index (Phi) is 17.2. The van der Waals surface area contributed by atoms with Crippen molar-refractivity contribution >= 4 is 17.7 Å². The summed E-state index contributed by atoms with van der Waals surface area (Å²) in [6.07, 6.45) is 0. The zero-order valence-corrected chi connectivity index (χ0v) is 13.4. The maximum Gasteiger partial charge on any atom is 0.242 e. The summed E-state index contributed by atoms with van der Waals surface area (Å²) in [6.45, 7) is 12.4. The van der Waals surface area contributed by atoms with Crippen LogP contribution < -0.4 is 16.0 Å². The zero-order valence-electron chi connectivity index (χ0n) is 13.4. The van der Waals surface area contributed by atoms with Gasteiger partial charge in [0.25, 0.3) is 0 Å². The second kappa shape index (κ2) is 14.5. The third kappa shape index (κ3) is 12.7. The van der Waals surface area contributed by atoms with Gasteiger partial charge in [-0.2, -0.15) is 0 Å². The molecule has 6 nitrogen and oxygen atoms in total. The van der Waals surface area contributed by atoms with E-state index in [1.807, 2.05) is 27.7 Å². The van der Waals surface area contributed by atoms with Crippen LogP contribution in [0.2, 0.25) is 0 Å². The molecule has 0 aliphatic carbocycles. The van der Waals surface area contributed by atoms with Crippen molar-refractivity contribution in [3.05, 3.63) is 0 Å². The minimum Gasteiger partial charge on any atom is -0.357 e. The first-order chi connectivity index (χ1) is 8.88. The Morgan fingerprint density at radius 1 is 0.789 bits per heavy atom. The first kappa shape index (κ1) is 22.6. The summed E-state index contributed by atoms with van der Waals surface area (Å²) >= 11 is 0. The lowest BCUT2D eigenvalue weighted by Gasteiger charge is -2.16. The minimum absolute atomic E-state index is 0.279. The van der Waals surface area contributed by atoms with E-state index < -0.39 is 12.1 Å². The summed E-state index contributed by atoms with van der Waals surface area (Å²) in [5.41, 5.74) is 0. The van der Waals surface area contributed by atoms with Crippen LogP contribution in [0.5, 0.6) is 0 Å². The molecule has 2 unspecified atom stereocenters. The molecule has 0 radical (unpaired) electrons. The fourth-order valence-corrected chi connectivity index (χ4v) is 0.991. The van der Waals surface area contributed by atoms with Gasteiger partial charge in [-0.15, -0.1) is 0 Å². The van der Waals surface area contributed by atoms with E-state index in [0.717, 1.165) is 0 Å². The molecule has 3 amide bonds. The molecule has 0 bridgehead atoms. The van der Waals surface area contributed by atoms with Gasteiger partial charge in [0.1, 0.15) is 12.1 Å². The molecule has 0 aromatic heterocycles. The van der Waals surface area contributed by atoms with Crippen molar-refractivity contribution in [3.8, 4) is 0 Å². The maximum absolute atomic E-state index is 11.4. The van der Waals surface area contributed by atoms with Crippen LogP contribution in [0.15, 0.2) is 0 Å². The first-order valence-electron chi connectivity index (χ1n) is 6.67. The van der Waals surface area contributed by atoms with Crippen molar-refractivity contribution in [2.75, 3.05) is 7.05 Å². The van der Waals surface area contributed by atoms with E-state index in [0.29, 0.717) is 0 Å². The predicted molar refractivity (Wildman–Crippen MR) is 77.6 cm³/mol. The fourth-order valence-electron chi connectivity index (χ4n) is 0.991. The molecular formula is C13H29N3O3. The van der Waals surface area contributed by atoms with E-state index in [9.17, 15) is 14.4 Å². The molecule has 0 aliphatic heterocycles. The molecule has 3 N–H and O–H groups in total. The highest BCUT2D eigenvalue weighted by molar-refractivity contribution is 5.91. The van der Waals surface area contributed by atoms with Gasteiger partial charge in [-0.25, -0.2) is 0 Å². The molecule has 2 atom stereocenters. The van der Waals surface area contributed by atoms with Crippen LogP contribution in [-0.2, 0) is 14.4 Å². The van der Waals surface area contributed by atoms with Crippen LogP contribution in [0.3, 0.4) is 0 Å². The Hall–Kier alpha value is -1.59. The smallest absolute Gasteiger partial charge is 0.242 e. The topological polar surface area (TPSA) is 87.3 Å². The molecule has 0 saturated heterocycles. The average molecular weight is 275 g/mol. The van der Waals surface area contributed by atoms with E-state index in [-0.39, 0.29) is 17.7 Å². The Morgan fingerprint density at radius 3 is 1.47 bits per heavy atom. The highest BCUT2D eigenvalue weighted by atomic mass is 16.2. The Bertz CT molecular complexity index is 268. The van der Waals surface area contributed by atoms with Crippen LogP contribution in [0.25, 0.3) is 0 Å². The molecular weight excluding hydrogens is 246 g/mol. The number of likely N-dealkylation sites (N-methyl/N-ethyl adjacent to an activating group) is 1. The number of hydrogen-bond acceptors (Lipinski definition) is 3. The standard InChI is InChI=1S/C9H17N3O3.2C2H6/c1-5(8(14)10-4)12-9(15)6(2)11-7(3)13;2*1-2/h5-6H,1-4H3,(H,10,14)(H,11,13)(H,12,15);2*1-2H3. The fraction of sp³-hybridized carbons (Fsp3) is 0.769. The van der Waals surface area contributed by atoms with E-state index in [4.69, 9.17) is 0 Å². The van der Waals surface area contributed by atoms with E-state index in [1.165, 1.54) is 14.0 Å². The second-order valence-corrected chi connectivity index (χ2v) is 3.27. The number of amides is 3. The lowest BCUT2D eigenvalue weighted by molar-refractivity contribution is -0.130. The first-order valence-corrected chi connectivity index (χ1v) is 6.67. The predicted octanol–water partition coefficient (Wildman–Crippen LogP) is 0.814. The molecule has 114 valence electrons. The number of hydrogen-bond donors (Lipinski definition) is 3. The highest BCUT2D eigenvalue weighted by Gasteiger charge is 2.18. The zero-order chi connectivity index (χ0) is 16.0. The number of carbonyl (C=O) groups is 3. The van der Waals surface area contributed by atoms with E-state index in [2.05, 4.69) is 16.0 Å². The summed E-state index contributed by atoms with van der Waals surface area (Å²) in [4.78, 5) is 33.1. The molecule has 0 spiro atoms. The lowest BCUT2D eigenvalue weighted by atomic mass is 10.2. The van der Waals surface area contributed by atoms with Crippen LogP contribution in [0, 0.1) is 0 Å². The van der Waals surface area contributed by atoms with Crippen molar-refractivity contribution in [2.45, 2.75) is 60.5 Å². The lowest BCUT2D eigenvalue weighted by Crippen LogP contribution is -2.50. The number of rotatable bonds is 4. The molecule has 0 rings (SSSR count). The van der Waals surface area contributed by atoms with Crippen molar-refractivity contribution in [2.24, 2.45) is 0 Å². The Morgan fingerprint density at radius 2 is 1.16 bits per heavy atom. The van der Waals surface area contributed by atoms with Crippen LogP contribution >= 0.6 is 0 Å². The van der Waals surface area contributed by atoms with Gasteiger partial charge >= 0.3 is 0 Å². The van der Waals surface area contributed by atoms with E-state index >= 15 is 0 Å². The SMILES string of the molecule is CC.CC.CNC(=O)C(C)NC(=O)C(C)NC(C)=O. The molecule has 19 heavy (non-hydrogen) atoms. The van der Waals surface area contributed by atoms with Gasteiger partial charge < -0.3 is 16.0 Å². The molecule has 6 heteroatoms. The quantitative estimate of drug-likeness (QED) is 0.709. The van der Waals surface area contributed by atoms with Gasteiger partial charge in [0, 0.05) is 14.0 Å². The van der Waals surface area contributed by atoms with Gasteiger partial charge in [0.2, 0.25) is 17.7 Å². The second-order valence-electron chi connectivity index (χ2n) is 3.27. The Balaban J connectivity index is -0.000000579. The summed E-state index contributed by atoms with van der Waals surface area (Å²) in [7, 11) is 1.49. The summed E-state index contributed by atoms with van der Waals surface area (Å²) in [5, 5.41) is 7.30. The van der Waals surface area contributed by atoms with Gasteiger partial charge in [-0.1, -0.05) is 27.7 Å². The van der Waals surface area contributed by atoms with Crippen molar-refractivity contribution in [1.29, 1.82) is 0 Å². The van der Waals surface area contributed by atoms with Crippen molar-refractivity contribution in [1.82, 2.24) is 16.0 Å². The van der Waals surface area contributed by atoms with Crippen molar-refractivity contribution in [3.63, 3.8) is 0 Å². The molecule has 0 aromatic rings. The number of carbonyl (C=O) groups excluding carboxylic acids is 3. The van der Waals surface area contributed by atoms with Gasteiger partial charge in [-0.05, 0) is 13.8 Å². The maximum atomic E-state index is 11.4. The molecule has 0 saturated carbocycles. The average Bonchev–Trinajstić information content (AvgIpc) is 2.41. The van der Waals surface area contributed by atoms with Gasteiger partial charge in [-0.3, -0.25) is 14.4 Å². The number of nitrogens with one attached hydrogen (secondary N) is 3. The summed E-state index contributed by atoms with van der Waals surface area (Å²) in [6, 6.07) is -1.26. The van der Waals surface area contributed by atoms with Gasteiger partial charge in [0.05, 0.1) is 0 Å². The van der Waals surface area contributed by atoms with Gasteiger partial charge in [0.15, 0.2) is 0 Å². The summed E-state index contributed by atoms with van der Waals surface area (Å²) < 4.78 is 0. The summed E-state index contributed by atoms with van der Waals surface area (Å²) in [5.74, 6) is -0.954. The van der Waals surface area contributed by atoms with Crippen LogP contribution in [0.4, 0.5) is 0 Å². The minimum atomic E-state index is -0.644. The normalized spacial score (nSPS) is 11.4. The van der Waals surface area contributed by atoms with Crippen molar-refractivity contribution < 1.29 is 14.4 Å². The largest absolute Gasteiger partial charge is 0.357 e. The molecule has 0 aromatic carbocycles. The molecule has 0 aliphatic rings. The Labute approximate surface area is 116 Å². The highest BCUT2D eigenvalue weighted by Crippen LogP contribution is 1.86. The van der Waals surface area contributed by atoms with E-state index in [1.54, 1.807) is 13.8 Å².